The number of aliphatic hydroxyl groups excluding tert-OH is 1. The van der Waals surface area contributed by atoms with Crippen molar-refractivity contribution in [1.82, 2.24) is 5.32 Å². The van der Waals surface area contributed by atoms with Crippen molar-refractivity contribution in [2.24, 2.45) is 0 Å². The molecule has 0 heterocycles. The Balaban J connectivity index is 3.40. The summed E-state index contributed by atoms with van der Waals surface area (Å²) in [6.45, 7) is 5.88. The third-order valence-electron chi connectivity index (χ3n) is 2.56. The van der Waals surface area contributed by atoms with Crippen LogP contribution < -0.4 is 5.32 Å². The Labute approximate surface area is 89.1 Å². The van der Waals surface area contributed by atoms with Crippen LogP contribution in [0.4, 0.5) is 0 Å². The lowest BCUT2D eigenvalue weighted by Crippen LogP contribution is -2.29. The van der Waals surface area contributed by atoms with E-state index in [1.165, 1.54) is 32.1 Å². The Kier molecular flexibility index (Phi) is 10.9. The van der Waals surface area contributed by atoms with Gasteiger partial charge in [0.05, 0.1) is 0 Å². The van der Waals surface area contributed by atoms with Gasteiger partial charge < -0.3 is 10.4 Å². The fourth-order valence-electron chi connectivity index (χ4n) is 1.69. The van der Waals surface area contributed by atoms with Gasteiger partial charge in [0.25, 0.3) is 0 Å². The van der Waals surface area contributed by atoms with Crippen LogP contribution in [0.5, 0.6) is 0 Å². The van der Waals surface area contributed by atoms with E-state index in [1.807, 2.05) is 0 Å². The Morgan fingerprint density at radius 2 is 1.79 bits per heavy atom. The van der Waals surface area contributed by atoms with Crippen molar-refractivity contribution in [3.05, 3.63) is 0 Å². The normalized spacial score (nSPS) is 13.1. The minimum absolute atomic E-state index is 0.328. The van der Waals surface area contributed by atoms with Crippen LogP contribution in [0.1, 0.15) is 58.8 Å². The van der Waals surface area contributed by atoms with Crippen molar-refractivity contribution in [2.75, 3.05) is 13.2 Å². The molecule has 86 valence electrons. The Bertz CT molecular complexity index is 106. The molecule has 1 unspecified atom stereocenters. The van der Waals surface area contributed by atoms with Crippen LogP contribution in [-0.2, 0) is 0 Å². The van der Waals surface area contributed by atoms with Gasteiger partial charge in [0.1, 0.15) is 0 Å². The largest absolute Gasteiger partial charge is 0.396 e. The van der Waals surface area contributed by atoms with Gasteiger partial charge in [0.2, 0.25) is 0 Å². The van der Waals surface area contributed by atoms with E-state index in [0.29, 0.717) is 12.6 Å². The molecule has 0 fully saturated rings. The molecule has 0 aliphatic carbocycles. The molecular weight excluding hydrogens is 174 g/mol. The monoisotopic (exact) mass is 201 g/mol. The maximum atomic E-state index is 8.65. The van der Waals surface area contributed by atoms with E-state index in [4.69, 9.17) is 5.11 Å². The number of rotatable bonds is 10. The maximum Gasteiger partial charge on any atom is 0.0431 e. The molecule has 0 aromatic heterocycles. The van der Waals surface area contributed by atoms with Gasteiger partial charge in [-0.2, -0.15) is 0 Å². The maximum absolute atomic E-state index is 8.65. The van der Waals surface area contributed by atoms with Crippen LogP contribution in [0.2, 0.25) is 0 Å². The molecule has 0 saturated carbocycles. The van der Waals surface area contributed by atoms with Crippen molar-refractivity contribution >= 4 is 0 Å². The SMILES string of the molecule is CCCCC(CCC)NCCCCO. The predicted octanol–water partition coefficient (Wildman–Crippen LogP) is 2.71. The van der Waals surface area contributed by atoms with E-state index in [0.717, 1.165) is 19.4 Å². The molecule has 0 aliphatic rings. The van der Waals surface area contributed by atoms with Crippen LogP contribution >= 0.6 is 0 Å². The second-order valence-electron chi connectivity index (χ2n) is 4.01. The summed E-state index contributed by atoms with van der Waals surface area (Å²) < 4.78 is 0. The van der Waals surface area contributed by atoms with E-state index in [1.54, 1.807) is 0 Å². The van der Waals surface area contributed by atoms with Crippen LogP contribution in [0, 0.1) is 0 Å². The van der Waals surface area contributed by atoms with Gasteiger partial charge in [0, 0.05) is 12.6 Å². The first-order valence-corrected chi connectivity index (χ1v) is 6.19. The van der Waals surface area contributed by atoms with Gasteiger partial charge >= 0.3 is 0 Å². The van der Waals surface area contributed by atoms with Gasteiger partial charge in [-0.05, 0) is 32.2 Å². The second-order valence-corrected chi connectivity index (χ2v) is 4.01. The van der Waals surface area contributed by atoms with Crippen LogP contribution in [0.25, 0.3) is 0 Å². The number of hydrogen-bond acceptors (Lipinski definition) is 2. The van der Waals surface area contributed by atoms with Crippen molar-refractivity contribution in [3.63, 3.8) is 0 Å². The second kappa shape index (κ2) is 11.0. The molecule has 2 N–H and O–H groups in total. The highest BCUT2D eigenvalue weighted by molar-refractivity contribution is 4.65. The highest BCUT2D eigenvalue weighted by Crippen LogP contribution is 2.06. The number of aliphatic hydroxyl groups is 1. The smallest absolute Gasteiger partial charge is 0.0431 e. The number of unbranched alkanes of at least 4 members (excludes halogenated alkanes) is 2. The molecule has 1 atom stereocenters. The van der Waals surface area contributed by atoms with Gasteiger partial charge in [0.15, 0.2) is 0 Å². The first-order valence-electron chi connectivity index (χ1n) is 6.19. The molecule has 0 aromatic carbocycles. The highest BCUT2D eigenvalue weighted by atomic mass is 16.2. The minimum Gasteiger partial charge on any atom is -0.396 e. The molecule has 0 spiro atoms. The van der Waals surface area contributed by atoms with Gasteiger partial charge in [-0.25, -0.2) is 0 Å². The molecule has 0 radical (unpaired) electrons. The van der Waals surface area contributed by atoms with E-state index in [2.05, 4.69) is 19.2 Å². The molecule has 0 saturated heterocycles. The van der Waals surface area contributed by atoms with E-state index < -0.39 is 0 Å². The van der Waals surface area contributed by atoms with E-state index in [9.17, 15) is 0 Å². The lowest BCUT2D eigenvalue weighted by molar-refractivity contribution is 0.281. The fourth-order valence-corrected chi connectivity index (χ4v) is 1.69. The topological polar surface area (TPSA) is 32.3 Å². The van der Waals surface area contributed by atoms with Gasteiger partial charge in [-0.3, -0.25) is 0 Å². The fraction of sp³-hybridized carbons (Fsp3) is 1.00. The molecule has 14 heavy (non-hydrogen) atoms. The molecule has 0 rings (SSSR count). The third kappa shape index (κ3) is 8.52. The summed E-state index contributed by atoms with van der Waals surface area (Å²) in [5, 5.41) is 12.2. The zero-order chi connectivity index (χ0) is 10.6. The van der Waals surface area contributed by atoms with Crippen LogP contribution in [0.15, 0.2) is 0 Å². The standard InChI is InChI=1S/C12H27NO/c1-3-5-9-12(8-4-2)13-10-6-7-11-14/h12-14H,3-11H2,1-2H3. The molecular formula is C12H27NO. The first kappa shape index (κ1) is 13.9. The molecule has 2 nitrogen and oxygen atoms in total. The Hall–Kier alpha value is -0.0800. The summed E-state index contributed by atoms with van der Waals surface area (Å²) in [6, 6.07) is 0.707. The molecule has 0 amide bonds. The van der Waals surface area contributed by atoms with Crippen LogP contribution in [0.3, 0.4) is 0 Å². The summed E-state index contributed by atoms with van der Waals surface area (Å²) in [7, 11) is 0. The van der Waals surface area contributed by atoms with Gasteiger partial charge in [-0.1, -0.05) is 33.1 Å². The summed E-state index contributed by atoms with van der Waals surface area (Å²) >= 11 is 0. The third-order valence-corrected chi connectivity index (χ3v) is 2.56. The zero-order valence-electron chi connectivity index (χ0n) is 9.89. The summed E-state index contributed by atoms with van der Waals surface area (Å²) in [5.41, 5.74) is 0. The van der Waals surface area contributed by atoms with Crippen molar-refractivity contribution in [1.29, 1.82) is 0 Å². The van der Waals surface area contributed by atoms with Crippen molar-refractivity contribution in [3.8, 4) is 0 Å². The predicted molar refractivity (Wildman–Crippen MR) is 62.5 cm³/mol. The van der Waals surface area contributed by atoms with Crippen LogP contribution in [-0.4, -0.2) is 24.3 Å². The van der Waals surface area contributed by atoms with Crippen molar-refractivity contribution in [2.45, 2.75) is 64.8 Å². The average molecular weight is 201 g/mol. The highest BCUT2D eigenvalue weighted by Gasteiger charge is 2.04. The lowest BCUT2D eigenvalue weighted by Gasteiger charge is -2.17. The lowest BCUT2D eigenvalue weighted by atomic mass is 10.1. The Morgan fingerprint density at radius 1 is 1.00 bits per heavy atom. The molecule has 2 heteroatoms. The summed E-state index contributed by atoms with van der Waals surface area (Å²) in [4.78, 5) is 0. The Morgan fingerprint density at radius 3 is 2.36 bits per heavy atom. The average Bonchev–Trinajstić information content (AvgIpc) is 2.20. The first-order chi connectivity index (χ1) is 6.85. The number of hydrogen-bond donors (Lipinski definition) is 2. The molecule has 0 aromatic rings. The minimum atomic E-state index is 0.328. The van der Waals surface area contributed by atoms with E-state index >= 15 is 0 Å². The van der Waals surface area contributed by atoms with Gasteiger partial charge in [-0.15, -0.1) is 0 Å². The summed E-state index contributed by atoms with van der Waals surface area (Å²) in [6.07, 6.45) is 8.52. The quantitative estimate of drug-likeness (QED) is 0.533. The summed E-state index contributed by atoms with van der Waals surface area (Å²) in [5.74, 6) is 0. The van der Waals surface area contributed by atoms with Crippen molar-refractivity contribution < 1.29 is 5.11 Å². The molecule has 0 aliphatic heterocycles. The zero-order valence-corrected chi connectivity index (χ0v) is 9.89. The number of nitrogens with one attached hydrogen (secondary N) is 1. The van der Waals surface area contributed by atoms with E-state index in [-0.39, 0.29) is 0 Å². The molecule has 0 bridgehead atoms.